The molecule has 0 saturated carbocycles. The Morgan fingerprint density at radius 3 is 2.70 bits per heavy atom. The summed E-state index contributed by atoms with van der Waals surface area (Å²) in [6.07, 6.45) is -0.205. The number of aryl methyl sites for hydroxylation is 1. The zero-order valence-corrected chi connectivity index (χ0v) is 12.2. The van der Waals surface area contributed by atoms with Crippen LogP contribution in [0.1, 0.15) is 22.3 Å². The van der Waals surface area contributed by atoms with Crippen molar-refractivity contribution in [2.45, 2.75) is 24.3 Å². The Bertz CT molecular complexity index is 626. The number of β-amino-alcohol motifs (C(OH)–C–C–N with tert-alkyl or cyclic N) is 1. The molecular formula is C13H17NO5S. The van der Waals surface area contributed by atoms with E-state index < -0.39 is 22.1 Å². The van der Waals surface area contributed by atoms with E-state index in [1.54, 1.807) is 13.0 Å². The summed E-state index contributed by atoms with van der Waals surface area (Å²) in [6, 6.07) is 4.42. The van der Waals surface area contributed by atoms with Gasteiger partial charge in [0.15, 0.2) is 0 Å². The van der Waals surface area contributed by atoms with Gasteiger partial charge in [0.05, 0.1) is 23.7 Å². The van der Waals surface area contributed by atoms with Gasteiger partial charge in [-0.15, -0.1) is 0 Å². The van der Waals surface area contributed by atoms with E-state index in [9.17, 15) is 18.3 Å². The number of esters is 1. The van der Waals surface area contributed by atoms with Crippen molar-refractivity contribution in [3.05, 3.63) is 29.3 Å². The lowest BCUT2D eigenvalue weighted by atomic mass is 10.1. The second kappa shape index (κ2) is 5.51. The molecule has 1 N–H and O–H groups in total. The molecule has 1 aromatic carbocycles. The van der Waals surface area contributed by atoms with E-state index in [4.69, 9.17) is 0 Å². The molecule has 0 bridgehead atoms. The van der Waals surface area contributed by atoms with Gasteiger partial charge < -0.3 is 9.84 Å². The smallest absolute Gasteiger partial charge is 0.337 e. The van der Waals surface area contributed by atoms with Gasteiger partial charge in [0, 0.05) is 13.1 Å². The predicted octanol–water partition coefficient (Wildman–Crippen LogP) is 0.537. The second-order valence-corrected chi connectivity index (χ2v) is 6.68. The molecule has 0 radical (unpaired) electrons. The first kappa shape index (κ1) is 15.0. The third-order valence-electron chi connectivity index (χ3n) is 3.35. The number of hydrogen-bond donors (Lipinski definition) is 1. The summed E-state index contributed by atoms with van der Waals surface area (Å²) in [4.78, 5) is 11.6. The van der Waals surface area contributed by atoms with Crippen molar-refractivity contribution in [1.82, 2.24) is 4.31 Å². The zero-order valence-electron chi connectivity index (χ0n) is 11.4. The van der Waals surface area contributed by atoms with Crippen LogP contribution in [0, 0.1) is 6.92 Å². The van der Waals surface area contributed by atoms with Crippen LogP contribution < -0.4 is 0 Å². The van der Waals surface area contributed by atoms with Gasteiger partial charge in [-0.25, -0.2) is 13.2 Å². The molecule has 110 valence electrons. The highest BCUT2D eigenvalue weighted by Gasteiger charge is 2.32. The maximum absolute atomic E-state index is 12.5. The lowest BCUT2D eigenvalue weighted by Gasteiger charge is -2.17. The maximum atomic E-state index is 12.5. The standard InChI is InChI=1S/C13H17NO5S/c1-9-3-4-10(13(16)19-2)7-12(9)20(17,18)14-6-5-11(15)8-14/h3-4,7,11,15H,5-6,8H2,1-2H3. The SMILES string of the molecule is COC(=O)c1ccc(C)c(S(=O)(=O)N2CCC(O)C2)c1. The molecule has 0 aliphatic carbocycles. The van der Waals surface area contributed by atoms with Crippen LogP contribution in [0.5, 0.6) is 0 Å². The largest absolute Gasteiger partial charge is 0.465 e. The molecule has 1 aromatic rings. The van der Waals surface area contributed by atoms with Gasteiger partial charge in [0.1, 0.15) is 0 Å². The van der Waals surface area contributed by atoms with E-state index in [1.807, 2.05) is 0 Å². The third kappa shape index (κ3) is 2.70. The summed E-state index contributed by atoms with van der Waals surface area (Å²) in [6.45, 7) is 2.04. The molecule has 0 amide bonds. The van der Waals surface area contributed by atoms with Crippen molar-refractivity contribution in [3.8, 4) is 0 Å². The molecule has 1 saturated heterocycles. The van der Waals surface area contributed by atoms with E-state index in [-0.39, 0.29) is 23.5 Å². The first-order chi connectivity index (χ1) is 9.36. The first-order valence-corrected chi connectivity index (χ1v) is 7.67. The Labute approximate surface area is 118 Å². The van der Waals surface area contributed by atoms with Crippen LogP contribution in [-0.2, 0) is 14.8 Å². The van der Waals surface area contributed by atoms with Crippen LogP contribution in [0.4, 0.5) is 0 Å². The lowest BCUT2D eigenvalue weighted by Crippen LogP contribution is -2.30. The van der Waals surface area contributed by atoms with Gasteiger partial charge in [-0.3, -0.25) is 0 Å². The molecule has 1 atom stereocenters. The molecule has 2 rings (SSSR count). The molecule has 7 heteroatoms. The van der Waals surface area contributed by atoms with E-state index in [0.29, 0.717) is 12.0 Å². The fraction of sp³-hybridized carbons (Fsp3) is 0.462. The fourth-order valence-electron chi connectivity index (χ4n) is 2.19. The summed E-state index contributed by atoms with van der Waals surface area (Å²) >= 11 is 0. The third-order valence-corrected chi connectivity index (χ3v) is 5.36. The minimum Gasteiger partial charge on any atom is -0.465 e. The molecule has 20 heavy (non-hydrogen) atoms. The first-order valence-electron chi connectivity index (χ1n) is 6.23. The summed E-state index contributed by atoms with van der Waals surface area (Å²) in [5.41, 5.74) is 0.746. The van der Waals surface area contributed by atoms with Crippen LogP contribution in [0.15, 0.2) is 23.1 Å². The van der Waals surface area contributed by atoms with Gasteiger partial charge in [-0.1, -0.05) is 6.07 Å². The topological polar surface area (TPSA) is 83.9 Å². The second-order valence-electron chi connectivity index (χ2n) is 4.78. The van der Waals surface area contributed by atoms with Gasteiger partial charge >= 0.3 is 5.97 Å². The normalized spacial score (nSPS) is 20.1. The van der Waals surface area contributed by atoms with Gasteiger partial charge in [0.25, 0.3) is 0 Å². The van der Waals surface area contributed by atoms with E-state index in [1.165, 1.54) is 23.5 Å². The van der Waals surface area contributed by atoms with Crippen molar-refractivity contribution in [3.63, 3.8) is 0 Å². The Morgan fingerprint density at radius 2 is 2.15 bits per heavy atom. The number of sulfonamides is 1. The minimum atomic E-state index is -3.70. The number of nitrogens with zero attached hydrogens (tertiary/aromatic N) is 1. The lowest BCUT2D eigenvalue weighted by molar-refractivity contribution is 0.0600. The molecule has 1 aliphatic heterocycles. The average molecular weight is 299 g/mol. The maximum Gasteiger partial charge on any atom is 0.337 e. The van der Waals surface area contributed by atoms with Crippen molar-refractivity contribution >= 4 is 16.0 Å². The number of rotatable bonds is 3. The Morgan fingerprint density at radius 1 is 1.45 bits per heavy atom. The monoisotopic (exact) mass is 299 g/mol. The van der Waals surface area contributed by atoms with Crippen LogP contribution >= 0.6 is 0 Å². The molecule has 1 fully saturated rings. The van der Waals surface area contributed by atoms with Gasteiger partial charge in [0.2, 0.25) is 10.0 Å². The molecule has 6 nitrogen and oxygen atoms in total. The predicted molar refractivity (Wildman–Crippen MR) is 71.9 cm³/mol. The Hall–Kier alpha value is -1.44. The van der Waals surface area contributed by atoms with Crippen molar-refractivity contribution in [2.75, 3.05) is 20.2 Å². The molecule has 0 aromatic heterocycles. The van der Waals surface area contributed by atoms with Crippen LogP contribution in [0.2, 0.25) is 0 Å². The quantitative estimate of drug-likeness (QED) is 0.823. The fourth-order valence-corrected chi connectivity index (χ4v) is 3.93. The number of carbonyl (C=O) groups is 1. The summed E-state index contributed by atoms with van der Waals surface area (Å²) in [7, 11) is -2.46. The number of methoxy groups -OCH3 is 1. The highest BCUT2D eigenvalue weighted by Crippen LogP contribution is 2.25. The number of benzene rings is 1. The van der Waals surface area contributed by atoms with E-state index in [2.05, 4.69) is 4.74 Å². The summed E-state index contributed by atoms with van der Waals surface area (Å²) < 4.78 is 30.9. The molecule has 1 heterocycles. The number of aliphatic hydroxyl groups is 1. The molecule has 1 unspecified atom stereocenters. The average Bonchev–Trinajstić information content (AvgIpc) is 2.85. The van der Waals surface area contributed by atoms with Crippen molar-refractivity contribution in [2.24, 2.45) is 0 Å². The minimum absolute atomic E-state index is 0.0782. The number of carbonyl (C=O) groups excluding carboxylic acids is 1. The number of ether oxygens (including phenoxy) is 1. The van der Waals surface area contributed by atoms with Gasteiger partial charge in [-0.05, 0) is 31.0 Å². The van der Waals surface area contributed by atoms with Gasteiger partial charge in [-0.2, -0.15) is 4.31 Å². The van der Waals surface area contributed by atoms with Crippen LogP contribution in [0.25, 0.3) is 0 Å². The van der Waals surface area contributed by atoms with Crippen LogP contribution in [-0.4, -0.2) is 50.1 Å². The van der Waals surface area contributed by atoms with Crippen molar-refractivity contribution in [1.29, 1.82) is 0 Å². The van der Waals surface area contributed by atoms with Crippen molar-refractivity contribution < 1.29 is 23.1 Å². The van der Waals surface area contributed by atoms with Crippen LogP contribution in [0.3, 0.4) is 0 Å². The van der Waals surface area contributed by atoms with E-state index >= 15 is 0 Å². The summed E-state index contributed by atoms with van der Waals surface area (Å²) in [5, 5.41) is 9.48. The molecule has 1 aliphatic rings. The Kier molecular flexibility index (Phi) is 4.12. The number of hydrogen-bond acceptors (Lipinski definition) is 5. The molecule has 0 spiro atoms. The highest BCUT2D eigenvalue weighted by atomic mass is 32.2. The number of aliphatic hydroxyl groups excluding tert-OH is 1. The highest BCUT2D eigenvalue weighted by molar-refractivity contribution is 7.89. The van der Waals surface area contributed by atoms with E-state index in [0.717, 1.165) is 0 Å². The zero-order chi connectivity index (χ0) is 14.9. The summed E-state index contributed by atoms with van der Waals surface area (Å²) in [5.74, 6) is -0.581. The molecular weight excluding hydrogens is 282 g/mol. The Balaban J connectivity index is 2.43.